The third-order valence-electron chi connectivity index (χ3n) is 4.24. The van der Waals surface area contributed by atoms with Crippen LogP contribution in [-0.4, -0.2) is 31.1 Å². The third kappa shape index (κ3) is 4.48. The molecule has 0 amide bonds. The molecule has 2 nitrogen and oxygen atoms in total. The Morgan fingerprint density at radius 1 is 1.37 bits per heavy atom. The van der Waals surface area contributed by atoms with Crippen molar-refractivity contribution in [2.75, 3.05) is 20.1 Å². The Morgan fingerprint density at radius 3 is 2.74 bits per heavy atom. The number of hydrogen-bond donors (Lipinski definition) is 1. The second-order valence-corrected chi connectivity index (χ2v) is 6.08. The Bertz CT molecular complexity index is 371. The van der Waals surface area contributed by atoms with Crippen LogP contribution in [0.5, 0.6) is 0 Å². The molecule has 0 bridgehead atoms. The summed E-state index contributed by atoms with van der Waals surface area (Å²) in [6.45, 7) is 4.63. The van der Waals surface area contributed by atoms with Gasteiger partial charge in [-0.2, -0.15) is 0 Å². The number of benzene rings is 1. The molecule has 2 rings (SSSR count). The van der Waals surface area contributed by atoms with Crippen molar-refractivity contribution >= 4 is 11.6 Å². The molecule has 106 valence electrons. The summed E-state index contributed by atoms with van der Waals surface area (Å²) in [6.07, 6.45) is 5.28. The van der Waals surface area contributed by atoms with Crippen molar-refractivity contribution in [1.82, 2.24) is 10.2 Å². The van der Waals surface area contributed by atoms with Crippen molar-refractivity contribution < 1.29 is 0 Å². The Labute approximate surface area is 122 Å². The van der Waals surface area contributed by atoms with Gasteiger partial charge in [0.2, 0.25) is 0 Å². The standard InChI is InChI=1S/C16H25ClN2/c1-13(14-7-9-15(17)10-8-14)19(2)12-4-6-16-5-3-11-18-16/h7-10,13,16,18H,3-6,11-12H2,1-2H3. The van der Waals surface area contributed by atoms with E-state index in [4.69, 9.17) is 11.6 Å². The van der Waals surface area contributed by atoms with Crippen LogP contribution in [0.2, 0.25) is 5.02 Å². The zero-order chi connectivity index (χ0) is 13.7. The minimum atomic E-state index is 0.453. The number of nitrogens with zero attached hydrogens (tertiary/aromatic N) is 1. The van der Waals surface area contributed by atoms with E-state index in [0.29, 0.717) is 6.04 Å². The molecule has 1 aliphatic rings. The molecule has 1 N–H and O–H groups in total. The third-order valence-corrected chi connectivity index (χ3v) is 4.49. The lowest BCUT2D eigenvalue weighted by Gasteiger charge is -2.25. The number of hydrogen-bond acceptors (Lipinski definition) is 2. The minimum absolute atomic E-state index is 0.453. The fourth-order valence-electron chi connectivity index (χ4n) is 2.78. The van der Waals surface area contributed by atoms with Crippen LogP contribution in [0.4, 0.5) is 0 Å². The summed E-state index contributed by atoms with van der Waals surface area (Å²) in [7, 11) is 2.21. The molecule has 0 aliphatic carbocycles. The highest BCUT2D eigenvalue weighted by Gasteiger charge is 2.15. The van der Waals surface area contributed by atoms with Crippen LogP contribution in [-0.2, 0) is 0 Å². The van der Waals surface area contributed by atoms with Gasteiger partial charge in [0.05, 0.1) is 0 Å². The summed E-state index contributed by atoms with van der Waals surface area (Å²) in [4.78, 5) is 2.43. The van der Waals surface area contributed by atoms with Crippen LogP contribution >= 0.6 is 11.6 Å². The van der Waals surface area contributed by atoms with Crippen LogP contribution in [0.25, 0.3) is 0 Å². The highest BCUT2D eigenvalue weighted by atomic mass is 35.5. The van der Waals surface area contributed by atoms with E-state index in [1.54, 1.807) is 0 Å². The first-order valence-electron chi connectivity index (χ1n) is 7.36. The highest BCUT2D eigenvalue weighted by molar-refractivity contribution is 6.30. The lowest BCUT2D eigenvalue weighted by atomic mass is 10.1. The Balaban J connectivity index is 1.75. The molecule has 0 spiro atoms. The molecule has 0 aromatic heterocycles. The lowest BCUT2D eigenvalue weighted by molar-refractivity contribution is 0.252. The molecule has 0 saturated carbocycles. The Hall–Kier alpha value is -0.570. The van der Waals surface area contributed by atoms with Crippen molar-refractivity contribution in [2.24, 2.45) is 0 Å². The van der Waals surface area contributed by atoms with Gasteiger partial charge in [0.25, 0.3) is 0 Å². The van der Waals surface area contributed by atoms with E-state index >= 15 is 0 Å². The molecule has 2 unspecified atom stereocenters. The molecule has 1 aromatic carbocycles. The fourth-order valence-corrected chi connectivity index (χ4v) is 2.91. The quantitative estimate of drug-likeness (QED) is 0.851. The van der Waals surface area contributed by atoms with Crippen molar-refractivity contribution in [3.8, 4) is 0 Å². The summed E-state index contributed by atoms with van der Waals surface area (Å²) in [5.41, 5.74) is 1.34. The largest absolute Gasteiger partial charge is 0.314 e. The Morgan fingerprint density at radius 2 is 2.11 bits per heavy atom. The molecule has 0 radical (unpaired) electrons. The maximum Gasteiger partial charge on any atom is 0.0406 e. The van der Waals surface area contributed by atoms with E-state index < -0.39 is 0 Å². The van der Waals surface area contributed by atoms with Crippen molar-refractivity contribution in [1.29, 1.82) is 0 Å². The van der Waals surface area contributed by atoms with Crippen LogP contribution in [0.15, 0.2) is 24.3 Å². The average molecular weight is 281 g/mol. The monoisotopic (exact) mass is 280 g/mol. The number of halogens is 1. The molecule has 1 saturated heterocycles. The topological polar surface area (TPSA) is 15.3 Å². The van der Waals surface area contributed by atoms with Gasteiger partial charge < -0.3 is 5.32 Å². The van der Waals surface area contributed by atoms with Crippen molar-refractivity contribution in [3.05, 3.63) is 34.9 Å². The van der Waals surface area contributed by atoms with E-state index in [2.05, 4.69) is 36.3 Å². The average Bonchev–Trinajstić information content (AvgIpc) is 2.92. The highest BCUT2D eigenvalue weighted by Crippen LogP contribution is 2.21. The SMILES string of the molecule is CC(c1ccc(Cl)cc1)N(C)CCCC1CCCN1. The van der Waals surface area contributed by atoms with Gasteiger partial charge in [0.15, 0.2) is 0 Å². The van der Waals surface area contributed by atoms with E-state index in [-0.39, 0.29) is 0 Å². The molecule has 1 aliphatic heterocycles. The second kappa shape index (κ2) is 7.28. The van der Waals surface area contributed by atoms with Crippen LogP contribution in [0, 0.1) is 0 Å². The van der Waals surface area contributed by atoms with Crippen LogP contribution in [0.1, 0.15) is 44.2 Å². The van der Waals surface area contributed by atoms with Gasteiger partial charge in [0.1, 0.15) is 0 Å². The smallest absolute Gasteiger partial charge is 0.0406 e. The van der Waals surface area contributed by atoms with Gasteiger partial charge in [-0.15, -0.1) is 0 Å². The van der Waals surface area contributed by atoms with Gasteiger partial charge in [-0.1, -0.05) is 23.7 Å². The summed E-state index contributed by atoms with van der Waals surface area (Å²) < 4.78 is 0. The summed E-state index contributed by atoms with van der Waals surface area (Å²) in [5, 5.41) is 4.38. The first kappa shape index (κ1) is 14.8. The first-order valence-corrected chi connectivity index (χ1v) is 7.73. The zero-order valence-electron chi connectivity index (χ0n) is 12.0. The van der Waals surface area contributed by atoms with Gasteiger partial charge in [-0.3, -0.25) is 4.90 Å². The summed E-state index contributed by atoms with van der Waals surface area (Å²) in [5.74, 6) is 0. The van der Waals surface area contributed by atoms with Gasteiger partial charge >= 0.3 is 0 Å². The van der Waals surface area contributed by atoms with Gasteiger partial charge in [-0.25, -0.2) is 0 Å². The molecule has 2 atom stereocenters. The molecule has 1 aromatic rings. The van der Waals surface area contributed by atoms with Crippen LogP contribution < -0.4 is 5.32 Å². The van der Waals surface area contributed by atoms with Gasteiger partial charge in [-0.05, 0) is 70.4 Å². The van der Waals surface area contributed by atoms with E-state index in [0.717, 1.165) is 17.6 Å². The lowest BCUT2D eigenvalue weighted by Crippen LogP contribution is -2.26. The van der Waals surface area contributed by atoms with E-state index in [9.17, 15) is 0 Å². The van der Waals surface area contributed by atoms with E-state index in [1.165, 1.54) is 37.8 Å². The molecular weight excluding hydrogens is 256 g/mol. The van der Waals surface area contributed by atoms with Crippen LogP contribution in [0.3, 0.4) is 0 Å². The normalized spacial score (nSPS) is 20.9. The van der Waals surface area contributed by atoms with Crippen molar-refractivity contribution in [3.63, 3.8) is 0 Å². The molecular formula is C16H25ClN2. The second-order valence-electron chi connectivity index (χ2n) is 5.64. The minimum Gasteiger partial charge on any atom is -0.314 e. The van der Waals surface area contributed by atoms with Crippen molar-refractivity contribution in [2.45, 2.75) is 44.7 Å². The molecule has 19 heavy (non-hydrogen) atoms. The number of rotatable bonds is 6. The first-order chi connectivity index (χ1) is 9.16. The zero-order valence-corrected chi connectivity index (χ0v) is 12.8. The predicted molar refractivity (Wildman–Crippen MR) is 82.8 cm³/mol. The summed E-state index contributed by atoms with van der Waals surface area (Å²) in [6, 6.07) is 9.42. The van der Waals surface area contributed by atoms with E-state index in [1.807, 2.05) is 12.1 Å². The molecule has 1 heterocycles. The molecule has 1 fully saturated rings. The predicted octanol–water partition coefficient (Wildman–Crippen LogP) is 3.87. The maximum absolute atomic E-state index is 5.93. The van der Waals surface area contributed by atoms with Gasteiger partial charge in [0, 0.05) is 17.1 Å². The fraction of sp³-hybridized carbons (Fsp3) is 0.625. The number of nitrogens with one attached hydrogen (secondary N) is 1. The molecule has 3 heteroatoms. The summed E-state index contributed by atoms with van der Waals surface area (Å²) >= 11 is 5.93. The maximum atomic E-state index is 5.93. The Kier molecular flexibility index (Phi) is 5.68.